The van der Waals surface area contributed by atoms with E-state index in [2.05, 4.69) is 36.0 Å². The summed E-state index contributed by atoms with van der Waals surface area (Å²) in [6.45, 7) is -1.22. The molecule has 0 aromatic carbocycles. The third-order valence-electron chi connectivity index (χ3n) is 7.60. The average molecular weight is 619 g/mol. The second kappa shape index (κ2) is 11.8. The van der Waals surface area contributed by atoms with Crippen molar-refractivity contribution in [2.45, 2.75) is 74.5 Å². The van der Waals surface area contributed by atoms with Gasteiger partial charge in [0.1, 0.15) is 36.0 Å². The van der Waals surface area contributed by atoms with E-state index in [9.17, 15) is 29.7 Å². The number of aromatic nitrogens is 7. The molecule has 0 bridgehead atoms. The summed E-state index contributed by atoms with van der Waals surface area (Å²) in [6, 6.07) is 3.65. The molecule has 2 aliphatic rings. The largest absolute Gasteiger partial charge is 0.393 e. The Morgan fingerprint density at radius 3 is 2.73 bits per heavy atom. The van der Waals surface area contributed by atoms with Gasteiger partial charge in [-0.3, -0.25) is 4.57 Å². The first-order valence-corrected chi connectivity index (χ1v) is 14.9. The highest BCUT2D eigenvalue weighted by atomic mass is 35.5. The summed E-state index contributed by atoms with van der Waals surface area (Å²) >= 11 is 6.24. The molecule has 19 heteroatoms. The van der Waals surface area contributed by atoms with Gasteiger partial charge in [-0.1, -0.05) is 18.1 Å². The molecule has 41 heavy (non-hydrogen) atoms. The Morgan fingerprint density at radius 1 is 1.32 bits per heavy atom. The Hall–Kier alpha value is -2.31. The normalized spacial score (nSPS) is 27.0. The molecule has 17 nitrogen and oxygen atoms in total. The number of halogens is 1. The van der Waals surface area contributed by atoms with Crippen LogP contribution in [0, 0.1) is 0 Å². The van der Waals surface area contributed by atoms with E-state index in [0.29, 0.717) is 17.0 Å². The molecule has 1 aliphatic carbocycles. The quantitative estimate of drug-likeness (QED) is 0.129. The predicted molar refractivity (Wildman–Crippen MR) is 140 cm³/mol. The molecule has 5 rings (SSSR count). The molecule has 2 fully saturated rings. The lowest BCUT2D eigenvalue weighted by molar-refractivity contribution is -0.140. The van der Waals surface area contributed by atoms with E-state index in [1.54, 1.807) is 19.1 Å². The van der Waals surface area contributed by atoms with Crippen molar-refractivity contribution in [2.24, 2.45) is 0 Å². The SMILES string of the molecule is C[C@@]1(c2ccc3c(NC4CCCC4)nc(Cl)nn23)O[C@H](COC(CO)(COCc2nn[nH]n2)P(=O)(O)O)[C@@H](O)[C@H]1O. The molecule has 1 unspecified atom stereocenters. The van der Waals surface area contributed by atoms with Gasteiger partial charge in [-0.2, -0.15) is 10.2 Å². The highest BCUT2D eigenvalue weighted by Gasteiger charge is 2.56. The molecule has 1 saturated carbocycles. The number of ether oxygens (including phenoxy) is 3. The maximum atomic E-state index is 12.4. The van der Waals surface area contributed by atoms with Crippen LogP contribution in [0.2, 0.25) is 5.28 Å². The molecular weight excluding hydrogens is 587 g/mol. The molecular formula is C22H32ClN8O9P. The smallest absolute Gasteiger partial charge is 0.361 e. The topological polar surface area (TPSA) is 243 Å². The van der Waals surface area contributed by atoms with Crippen molar-refractivity contribution in [1.82, 2.24) is 35.2 Å². The van der Waals surface area contributed by atoms with Gasteiger partial charge in [0.15, 0.2) is 11.6 Å². The van der Waals surface area contributed by atoms with Crippen LogP contribution in [-0.2, 0) is 31.0 Å². The molecule has 3 aromatic heterocycles. The van der Waals surface area contributed by atoms with Crippen molar-refractivity contribution < 1.29 is 43.9 Å². The number of hydrogen-bond acceptors (Lipinski definition) is 13. The average Bonchev–Trinajstić information content (AvgIpc) is 3.72. The molecule has 1 aliphatic heterocycles. The van der Waals surface area contributed by atoms with Gasteiger partial charge in [0.2, 0.25) is 10.6 Å². The Balaban J connectivity index is 1.35. The van der Waals surface area contributed by atoms with Gasteiger partial charge in [0, 0.05) is 6.04 Å². The molecule has 4 heterocycles. The van der Waals surface area contributed by atoms with E-state index in [4.69, 9.17) is 25.8 Å². The Morgan fingerprint density at radius 2 is 2.07 bits per heavy atom. The van der Waals surface area contributed by atoms with Gasteiger partial charge >= 0.3 is 7.60 Å². The Kier molecular flexibility index (Phi) is 8.65. The van der Waals surface area contributed by atoms with Gasteiger partial charge in [0.25, 0.3) is 0 Å². The van der Waals surface area contributed by atoms with Crippen LogP contribution in [0.4, 0.5) is 5.82 Å². The van der Waals surface area contributed by atoms with Crippen LogP contribution in [0.1, 0.15) is 44.1 Å². The molecule has 1 saturated heterocycles. The maximum Gasteiger partial charge on any atom is 0.361 e. The van der Waals surface area contributed by atoms with Crippen molar-refractivity contribution in [3.05, 3.63) is 28.9 Å². The molecule has 0 radical (unpaired) electrons. The first-order chi connectivity index (χ1) is 19.5. The number of aliphatic hydroxyl groups is 3. The number of rotatable bonds is 12. The summed E-state index contributed by atoms with van der Waals surface area (Å²) in [5.74, 6) is 0.635. The summed E-state index contributed by atoms with van der Waals surface area (Å²) in [7, 11) is -5.15. The van der Waals surface area contributed by atoms with Crippen LogP contribution < -0.4 is 5.32 Å². The number of nitrogens with one attached hydrogen (secondary N) is 2. The Labute approximate surface area is 238 Å². The fraction of sp³-hybridized carbons (Fsp3) is 0.682. The third-order valence-corrected chi connectivity index (χ3v) is 9.22. The van der Waals surface area contributed by atoms with Crippen LogP contribution in [0.25, 0.3) is 5.52 Å². The van der Waals surface area contributed by atoms with Gasteiger partial charge in [-0.15, -0.1) is 15.3 Å². The number of anilines is 1. The summed E-state index contributed by atoms with van der Waals surface area (Å²) < 4.78 is 30.7. The highest BCUT2D eigenvalue weighted by molar-refractivity contribution is 7.53. The predicted octanol–water partition coefficient (Wildman–Crippen LogP) is -0.314. The lowest BCUT2D eigenvalue weighted by atomic mass is 9.93. The number of H-pyrrole nitrogens is 1. The van der Waals surface area contributed by atoms with E-state index < -0.39 is 56.7 Å². The second-order valence-electron chi connectivity index (χ2n) is 10.3. The first-order valence-electron chi connectivity index (χ1n) is 12.9. The van der Waals surface area contributed by atoms with E-state index in [1.807, 2.05) is 0 Å². The summed E-state index contributed by atoms with van der Waals surface area (Å²) in [6.07, 6.45) is -0.0635. The van der Waals surface area contributed by atoms with Gasteiger partial charge < -0.3 is 44.6 Å². The third kappa shape index (κ3) is 5.84. The van der Waals surface area contributed by atoms with E-state index in [1.165, 1.54) is 4.52 Å². The molecule has 7 N–H and O–H groups in total. The van der Waals surface area contributed by atoms with Gasteiger partial charge in [0.05, 0.1) is 25.5 Å². The number of aliphatic hydroxyl groups excluding tert-OH is 3. The van der Waals surface area contributed by atoms with Crippen molar-refractivity contribution in [2.75, 3.05) is 25.1 Å². The van der Waals surface area contributed by atoms with E-state index >= 15 is 0 Å². The van der Waals surface area contributed by atoms with E-state index in [0.717, 1.165) is 25.7 Å². The molecule has 3 aromatic rings. The minimum atomic E-state index is -5.15. The second-order valence-corrected chi connectivity index (χ2v) is 12.6. The zero-order valence-corrected chi connectivity index (χ0v) is 23.6. The standard InChI is InChI=1S/C22H32ClN8O9P/c1-21(15-7-6-13-19(24-12-4-2-3-5-12)25-20(23)28-31(13)15)18(34)17(33)14(40-21)8-39-22(10-32,41(35,36)37)11-38-9-16-26-29-30-27-16/h6-7,12,14,17-18,32-34H,2-5,8-11H2,1H3,(H,24,25,28)(H2,35,36,37)(H,26,27,29,30)/t14-,17-,18-,21+,22?/m1/s1. The van der Waals surface area contributed by atoms with E-state index in [-0.39, 0.29) is 23.8 Å². The first kappa shape index (κ1) is 30.2. The van der Waals surface area contributed by atoms with Crippen LogP contribution in [0.5, 0.6) is 0 Å². The number of tetrazole rings is 1. The van der Waals surface area contributed by atoms with Crippen LogP contribution in [0.3, 0.4) is 0 Å². The highest BCUT2D eigenvalue weighted by Crippen LogP contribution is 2.52. The molecule has 0 amide bonds. The Bertz CT molecular complexity index is 1390. The molecule has 226 valence electrons. The fourth-order valence-electron chi connectivity index (χ4n) is 5.22. The minimum absolute atomic E-state index is 0.0397. The molecule has 5 atom stereocenters. The summed E-state index contributed by atoms with van der Waals surface area (Å²) in [4.78, 5) is 24.4. The van der Waals surface area contributed by atoms with Crippen molar-refractivity contribution >= 4 is 30.5 Å². The van der Waals surface area contributed by atoms with Crippen molar-refractivity contribution in [1.29, 1.82) is 0 Å². The van der Waals surface area contributed by atoms with Crippen LogP contribution >= 0.6 is 19.2 Å². The van der Waals surface area contributed by atoms with Crippen molar-refractivity contribution in [3.63, 3.8) is 0 Å². The van der Waals surface area contributed by atoms with Gasteiger partial charge in [-0.05, 0) is 43.5 Å². The van der Waals surface area contributed by atoms with Crippen molar-refractivity contribution in [3.8, 4) is 0 Å². The summed E-state index contributed by atoms with van der Waals surface area (Å²) in [5.41, 5.74) is -0.601. The van der Waals surface area contributed by atoms with Crippen LogP contribution in [-0.4, -0.2) is 110 Å². The number of nitrogens with zero attached hydrogens (tertiary/aromatic N) is 6. The fourth-order valence-corrected chi connectivity index (χ4v) is 6.07. The molecule has 0 spiro atoms. The minimum Gasteiger partial charge on any atom is -0.393 e. The number of fused-ring (bicyclic) bond motifs is 1. The number of hydrogen-bond donors (Lipinski definition) is 7. The maximum absolute atomic E-state index is 12.4. The van der Waals surface area contributed by atoms with Crippen LogP contribution in [0.15, 0.2) is 12.1 Å². The monoisotopic (exact) mass is 618 g/mol. The lowest BCUT2D eigenvalue weighted by Crippen LogP contribution is -2.45. The number of aromatic amines is 1. The lowest BCUT2D eigenvalue weighted by Gasteiger charge is -2.33. The van der Waals surface area contributed by atoms with Gasteiger partial charge in [-0.25, -0.2) is 4.52 Å². The summed E-state index contributed by atoms with van der Waals surface area (Å²) in [5, 5.41) is 50.0. The zero-order chi connectivity index (χ0) is 29.4. The zero-order valence-electron chi connectivity index (χ0n) is 22.0.